The van der Waals surface area contributed by atoms with Gasteiger partial charge >= 0.3 is 6.03 Å². The molecule has 2 aliphatic heterocycles. The molecule has 2 aliphatic rings. The second-order valence-corrected chi connectivity index (χ2v) is 5.81. The lowest BCUT2D eigenvalue weighted by Crippen LogP contribution is -2.42. The zero-order valence-corrected chi connectivity index (χ0v) is 12.3. The van der Waals surface area contributed by atoms with Gasteiger partial charge in [0.25, 0.3) is 5.91 Å². The number of carbonyl (C=O) groups is 2. The van der Waals surface area contributed by atoms with E-state index >= 15 is 0 Å². The van der Waals surface area contributed by atoms with Crippen molar-refractivity contribution in [2.24, 2.45) is 5.92 Å². The number of nitrogens with zero attached hydrogens (tertiary/aromatic N) is 2. The summed E-state index contributed by atoms with van der Waals surface area (Å²) in [6.45, 7) is 3.06. The van der Waals surface area contributed by atoms with E-state index in [0.717, 1.165) is 50.1 Å². The number of hydrogen-bond acceptors (Lipinski definition) is 2. The Hall–Kier alpha value is -2.04. The van der Waals surface area contributed by atoms with Crippen molar-refractivity contribution in [2.45, 2.75) is 12.8 Å². The van der Waals surface area contributed by atoms with E-state index in [1.807, 2.05) is 34.1 Å². The highest BCUT2D eigenvalue weighted by Gasteiger charge is 2.30. The summed E-state index contributed by atoms with van der Waals surface area (Å²) >= 11 is 0. The molecule has 0 spiro atoms. The van der Waals surface area contributed by atoms with Crippen molar-refractivity contribution in [3.63, 3.8) is 0 Å². The third kappa shape index (κ3) is 2.73. The molecule has 1 unspecified atom stereocenters. The lowest BCUT2D eigenvalue weighted by atomic mass is 9.98. The number of benzene rings is 1. The van der Waals surface area contributed by atoms with Crippen LogP contribution in [0.15, 0.2) is 24.3 Å². The van der Waals surface area contributed by atoms with Crippen LogP contribution in [0.25, 0.3) is 0 Å². The SMILES string of the molecule is CNC(=O)N1CCC(CN2CCc3ccccc3C2=O)C1. The summed E-state index contributed by atoms with van der Waals surface area (Å²) < 4.78 is 0. The van der Waals surface area contributed by atoms with Gasteiger partial charge in [0, 0.05) is 38.8 Å². The van der Waals surface area contributed by atoms with Crippen LogP contribution in [-0.2, 0) is 6.42 Å². The molecule has 0 saturated carbocycles. The summed E-state index contributed by atoms with van der Waals surface area (Å²) in [5, 5.41) is 2.66. The maximum atomic E-state index is 12.5. The van der Waals surface area contributed by atoms with Crippen LogP contribution in [0.4, 0.5) is 4.79 Å². The van der Waals surface area contributed by atoms with Crippen LogP contribution in [0.5, 0.6) is 0 Å². The minimum Gasteiger partial charge on any atom is -0.341 e. The summed E-state index contributed by atoms with van der Waals surface area (Å²) in [7, 11) is 1.65. The molecule has 0 aliphatic carbocycles. The first-order chi connectivity index (χ1) is 10.2. The summed E-state index contributed by atoms with van der Waals surface area (Å²) in [6.07, 6.45) is 1.90. The lowest BCUT2D eigenvalue weighted by Gasteiger charge is -2.30. The van der Waals surface area contributed by atoms with Gasteiger partial charge in [-0.25, -0.2) is 4.79 Å². The zero-order valence-electron chi connectivity index (χ0n) is 12.3. The van der Waals surface area contributed by atoms with Gasteiger partial charge in [0.1, 0.15) is 0 Å². The first kappa shape index (κ1) is 13.9. The molecule has 1 N–H and O–H groups in total. The third-order valence-corrected chi connectivity index (χ3v) is 4.45. The number of amides is 3. The second kappa shape index (κ2) is 5.76. The van der Waals surface area contributed by atoms with Crippen LogP contribution in [0, 0.1) is 5.92 Å². The van der Waals surface area contributed by atoms with E-state index in [1.165, 1.54) is 0 Å². The minimum atomic E-state index is -0.0205. The van der Waals surface area contributed by atoms with Gasteiger partial charge in [0.15, 0.2) is 0 Å². The van der Waals surface area contributed by atoms with Crippen LogP contribution in [0.1, 0.15) is 22.3 Å². The maximum Gasteiger partial charge on any atom is 0.317 e. The normalized spacial score (nSPS) is 21.4. The molecule has 112 valence electrons. The molecular weight excluding hydrogens is 266 g/mol. The van der Waals surface area contributed by atoms with Crippen LogP contribution in [0.2, 0.25) is 0 Å². The molecule has 3 amide bonds. The fraction of sp³-hybridized carbons (Fsp3) is 0.500. The molecule has 1 aromatic rings. The fourth-order valence-corrected chi connectivity index (χ4v) is 3.28. The van der Waals surface area contributed by atoms with Crippen molar-refractivity contribution < 1.29 is 9.59 Å². The van der Waals surface area contributed by atoms with E-state index < -0.39 is 0 Å². The van der Waals surface area contributed by atoms with Crippen molar-refractivity contribution in [1.29, 1.82) is 0 Å². The molecule has 1 atom stereocenters. The minimum absolute atomic E-state index is 0.0205. The molecule has 21 heavy (non-hydrogen) atoms. The van der Waals surface area contributed by atoms with Crippen molar-refractivity contribution >= 4 is 11.9 Å². The molecule has 1 aromatic carbocycles. The number of carbonyl (C=O) groups excluding carboxylic acids is 2. The highest BCUT2D eigenvalue weighted by molar-refractivity contribution is 5.96. The summed E-state index contributed by atoms with van der Waals surface area (Å²) in [5.74, 6) is 0.520. The average molecular weight is 287 g/mol. The number of fused-ring (bicyclic) bond motifs is 1. The number of rotatable bonds is 2. The smallest absolute Gasteiger partial charge is 0.317 e. The Kier molecular flexibility index (Phi) is 3.82. The number of nitrogens with one attached hydrogen (secondary N) is 1. The molecule has 5 heteroatoms. The highest BCUT2D eigenvalue weighted by Crippen LogP contribution is 2.23. The van der Waals surface area contributed by atoms with Crippen LogP contribution in [0.3, 0.4) is 0 Å². The Morgan fingerprint density at radius 2 is 2.14 bits per heavy atom. The Balaban J connectivity index is 1.63. The molecule has 2 heterocycles. The van der Waals surface area contributed by atoms with E-state index in [0.29, 0.717) is 5.92 Å². The van der Waals surface area contributed by atoms with E-state index in [4.69, 9.17) is 0 Å². The van der Waals surface area contributed by atoms with Crippen LogP contribution in [-0.4, -0.2) is 55.0 Å². The van der Waals surface area contributed by atoms with E-state index in [2.05, 4.69) is 5.32 Å². The van der Waals surface area contributed by atoms with Crippen LogP contribution < -0.4 is 5.32 Å². The van der Waals surface area contributed by atoms with E-state index in [9.17, 15) is 9.59 Å². The first-order valence-electron chi connectivity index (χ1n) is 7.53. The molecule has 0 bridgehead atoms. The molecule has 5 nitrogen and oxygen atoms in total. The van der Waals surface area contributed by atoms with Gasteiger partial charge < -0.3 is 15.1 Å². The maximum absolute atomic E-state index is 12.5. The number of likely N-dealkylation sites (tertiary alicyclic amines) is 1. The molecule has 3 rings (SSSR count). The summed E-state index contributed by atoms with van der Waals surface area (Å²) in [5.41, 5.74) is 1.99. The lowest BCUT2D eigenvalue weighted by molar-refractivity contribution is 0.0714. The third-order valence-electron chi connectivity index (χ3n) is 4.45. The van der Waals surface area contributed by atoms with Gasteiger partial charge in [-0.1, -0.05) is 18.2 Å². The topological polar surface area (TPSA) is 52.7 Å². The van der Waals surface area contributed by atoms with Gasteiger partial charge in [-0.05, 0) is 30.4 Å². The molecule has 0 radical (unpaired) electrons. The Labute approximate surface area is 124 Å². The van der Waals surface area contributed by atoms with Gasteiger partial charge in [-0.3, -0.25) is 4.79 Å². The van der Waals surface area contributed by atoms with E-state index in [-0.39, 0.29) is 11.9 Å². The molecule has 1 fully saturated rings. The Morgan fingerprint density at radius 1 is 1.33 bits per heavy atom. The van der Waals surface area contributed by atoms with Crippen molar-refractivity contribution in [3.8, 4) is 0 Å². The molecule has 0 aromatic heterocycles. The zero-order chi connectivity index (χ0) is 14.8. The van der Waals surface area contributed by atoms with Crippen molar-refractivity contribution in [3.05, 3.63) is 35.4 Å². The van der Waals surface area contributed by atoms with Gasteiger partial charge in [-0.2, -0.15) is 0 Å². The van der Waals surface area contributed by atoms with E-state index in [1.54, 1.807) is 7.05 Å². The molecule has 1 saturated heterocycles. The fourth-order valence-electron chi connectivity index (χ4n) is 3.28. The van der Waals surface area contributed by atoms with Gasteiger partial charge in [-0.15, -0.1) is 0 Å². The highest BCUT2D eigenvalue weighted by atomic mass is 16.2. The molecular formula is C16H21N3O2. The Morgan fingerprint density at radius 3 is 2.95 bits per heavy atom. The second-order valence-electron chi connectivity index (χ2n) is 5.81. The standard InChI is InChI=1S/C16H21N3O2/c1-17-16(21)19-8-6-12(11-19)10-18-9-7-13-4-2-3-5-14(13)15(18)20/h2-5,12H,6-11H2,1H3,(H,17,21). The number of hydrogen-bond donors (Lipinski definition) is 1. The average Bonchev–Trinajstić information content (AvgIpc) is 2.98. The predicted molar refractivity (Wildman–Crippen MR) is 80.2 cm³/mol. The van der Waals surface area contributed by atoms with Gasteiger partial charge in [0.2, 0.25) is 0 Å². The van der Waals surface area contributed by atoms with Crippen molar-refractivity contribution in [1.82, 2.24) is 15.1 Å². The summed E-state index contributed by atoms with van der Waals surface area (Å²) in [6, 6.07) is 7.83. The monoisotopic (exact) mass is 287 g/mol. The summed E-state index contributed by atoms with van der Waals surface area (Å²) in [4.78, 5) is 27.9. The quantitative estimate of drug-likeness (QED) is 0.892. The van der Waals surface area contributed by atoms with Crippen LogP contribution >= 0.6 is 0 Å². The Bertz CT molecular complexity index is 558. The van der Waals surface area contributed by atoms with Crippen molar-refractivity contribution in [2.75, 3.05) is 33.2 Å². The number of urea groups is 1. The van der Waals surface area contributed by atoms with Gasteiger partial charge in [0.05, 0.1) is 0 Å². The first-order valence-corrected chi connectivity index (χ1v) is 7.53. The largest absolute Gasteiger partial charge is 0.341 e. The predicted octanol–water partition coefficient (Wildman–Crippen LogP) is 1.35.